The van der Waals surface area contributed by atoms with Gasteiger partial charge in [-0.3, -0.25) is 0 Å². The molecule has 0 fully saturated rings. The van der Waals surface area contributed by atoms with E-state index in [1.807, 2.05) is 0 Å². The monoisotopic (exact) mass is 266 g/mol. The summed E-state index contributed by atoms with van der Waals surface area (Å²) in [5.74, 6) is 0.725. The highest BCUT2D eigenvalue weighted by molar-refractivity contribution is 9.09. The van der Waals surface area contributed by atoms with Gasteiger partial charge in [0, 0.05) is 5.33 Å². The Hall–Kier alpha value is -0.560. The molecule has 1 heteroatoms. The first-order valence-electron chi connectivity index (χ1n) is 5.66. The van der Waals surface area contributed by atoms with Crippen LogP contribution in [0.3, 0.4) is 0 Å². The van der Waals surface area contributed by atoms with Crippen molar-refractivity contribution in [3.05, 3.63) is 42.0 Å². The van der Waals surface area contributed by atoms with Crippen molar-refractivity contribution in [3.63, 3.8) is 0 Å². The summed E-state index contributed by atoms with van der Waals surface area (Å²) < 4.78 is 0. The van der Waals surface area contributed by atoms with E-state index in [0.717, 1.165) is 11.2 Å². The van der Waals surface area contributed by atoms with Gasteiger partial charge < -0.3 is 0 Å². The lowest BCUT2D eigenvalue weighted by Gasteiger charge is -2.07. The van der Waals surface area contributed by atoms with Gasteiger partial charge in [0.2, 0.25) is 0 Å². The molecule has 1 unspecified atom stereocenters. The lowest BCUT2D eigenvalue weighted by Crippen LogP contribution is -1.94. The minimum absolute atomic E-state index is 0.725. The van der Waals surface area contributed by atoms with Gasteiger partial charge in [-0.1, -0.05) is 65.3 Å². The fourth-order valence-electron chi connectivity index (χ4n) is 1.59. The third kappa shape index (κ3) is 5.17. The number of rotatable bonds is 6. The van der Waals surface area contributed by atoms with Gasteiger partial charge in [0.25, 0.3) is 0 Å². The molecule has 1 atom stereocenters. The molecule has 1 rings (SSSR count). The molecule has 0 aliphatic rings. The second-order valence-electron chi connectivity index (χ2n) is 3.77. The minimum Gasteiger partial charge on any atom is -0.0928 e. The maximum absolute atomic E-state index is 3.48. The third-order valence-corrected chi connectivity index (χ3v) is 3.15. The van der Waals surface area contributed by atoms with Gasteiger partial charge in [0.1, 0.15) is 0 Å². The van der Waals surface area contributed by atoms with Gasteiger partial charge in [0.15, 0.2) is 0 Å². The van der Waals surface area contributed by atoms with Crippen molar-refractivity contribution in [3.8, 4) is 0 Å². The molecule has 0 aliphatic heterocycles. The van der Waals surface area contributed by atoms with Gasteiger partial charge in [-0.05, 0) is 30.7 Å². The van der Waals surface area contributed by atoms with Gasteiger partial charge in [-0.25, -0.2) is 0 Å². The van der Waals surface area contributed by atoms with E-state index < -0.39 is 0 Å². The van der Waals surface area contributed by atoms with Crippen LogP contribution < -0.4 is 0 Å². The number of alkyl halides is 1. The summed E-state index contributed by atoms with van der Waals surface area (Å²) in [7, 11) is 0. The van der Waals surface area contributed by atoms with Crippen LogP contribution in [0.5, 0.6) is 0 Å². The van der Waals surface area contributed by atoms with Gasteiger partial charge in [-0.2, -0.15) is 0 Å². The predicted molar refractivity (Wildman–Crippen MR) is 72.3 cm³/mol. The average Bonchev–Trinajstić information content (AvgIpc) is 2.31. The molecular weight excluding hydrogens is 248 g/mol. The lowest BCUT2D eigenvalue weighted by atomic mass is 9.99. The van der Waals surface area contributed by atoms with Crippen molar-refractivity contribution < 1.29 is 0 Å². The summed E-state index contributed by atoms with van der Waals surface area (Å²) in [6.07, 6.45) is 8.36. The Kier molecular flexibility index (Phi) is 6.42. The summed E-state index contributed by atoms with van der Waals surface area (Å²) in [6, 6.07) is 10.5. The quantitative estimate of drug-likeness (QED) is 0.643. The van der Waals surface area contributed by atoms with Crippen LogP contribution in [-0.2, 0) is 0 Å². The number of hydrogen-bond acceptors (Lipinski definition) is 0. The second kappa shape index (κ2) is 7.70. The van der Waals surface area contributed by atoms with E-state index in [0.29, 0.717) is 0 Å². The molecule has 0 nitrogen and oxygen atoms in total. The Morgan fingerprint density at radius 2 is 2.00 bits per heavy atom. The first kappa shape index (κ1) is 12.5. The van der Waals surface area contributed by atoms with Crippen molar-refractivity contribution in [1.29, 1.82) is 0 Å². The van der Waals surface area contributed by atoms with E-state index in [9.17, 15) is 0 Å². The molecule has 1 aromatic carbocycles. The molecule has 0 N–H and O–H groups in total. The lowest BCUT2D eigenvalue weighted by molar-refractivity contribution is 0.569. The van der Waals surface area contributed by atoms with Crippen LogP contribution in [0, 0.1) is 5.92 Å². The Labute approximate surface area is 102 Å². The largest absolute Gasteiger partial charge is 0.0928 e. The van der Waals surface area contributed by atoms with Crippen molar-refractivity contribution in [1.82, 2.24) is 0 Å². The molecule has 0 saturated heterocycles. The van der Waals surface area contributed by atoms with E-state index in [4.69, 9.17) is 0 Å². The minimum atomic E-state index is 0.725. The number of hydrogen-bond donors (Lipinski definition) is 0. The van der Waals surface area contributed by atoms with Crippen molar-refractivity contribution in [2.24, 2.45) is 5.92 Å². The first-order valence-corrected chi connectivity index (χ1v) is 6.78. The molecule has 0 heterocycles. The molecule has 0 bridgehead atoms. The second-order valence-corrected chi connectivity index (χ2v) is 4.56. The maximum atomic E-state index is 3.48. The van der Waals surface area contributed by atoms with Crippen LogP contribution in [0.4, 0.5) is 0 Å². The number of benzene rings is 1. The van der Waals surface area contributed by atoms with Crippen LogP contribution in [0.1, 0.15) is 31.7 Å². The van der Waals surface area contributed by atoms with Crippen LogP contribution in [0.15, 0.2) is 36.4 Å². The van der Waals surface area contributed by atoms with E-state index >= 15 is 0 Å². The molecule has 0 saturated carbocycles. The SMILES string of the molecule is CCC(/C=C/c1ccccc1)CCCBr. The van der Waals surface area contributed by atoms with E-state index in [-0.39, 0.29) is 0 Å². The Morgan fingerprint density at radius 1 is 1.27 bits per heavy atom. The summed E-state index contributed by atoms with van der Waals surface area (Å²) >= 11 is 3.48. The first-order chi connectivity index (χ1) is 7.36. The zero-order valence-corrected chi connectivity index (χ0v) is 10.9. The highest BCUT2D eigenvalue weighted by Crippen LogP contribution is 2.15. The van der Waals surface area contributed by atoms with E-state index in [2.05, 4.69) is 65.3 Å². The van der Waals surface area contributed by atoms with Crippen LogP contribution in [0.25, 0.3) is 6.08 Å². The van der Waals surface area contributed by atoms with Crippen molar-refractivity contribution in [2.75, 3.05) is 5.33 Å². The zero-order chi connectivity index (χ0) is 10.9. The maximum Gasteiger partial charge on any atom is 0.00315 e. The Morgan fingerprint density at radius 3 is 2.60 bits per heavy atom. The molecule has 82 valence electrons. The molecule has 15 heavy (non-hydrogen) atoms. The van der Waals surface area contributed by atoms with Gasteiger partial charge >= 0.3 is 0 Å². The normalized spacial score (nSPS) is 13.2. The molecule has 0 aliphatic carbocycles. The summed E-state index contributed by atoms with van der Waals surface area (Å²) in [5, 5.41) is 1.11. The standard InChI is InChI=1S/C14H19Br/c1-2-13(9-6-12-15)10-11-14-7-4-3-5-8-14/h3-5,7-8,10-11,13H,2,6,9,12H2,1H3/b11-10+. The predicted octanol–water partition coefficient (Wildman–Crippen LogP) is 4.90. The summed E-state index contributed by atoms with van der Waals surface area (Å²) in [4.78, 5) is 0. The van der Waals surface area contributed by atoms with Gasteiger partial charge in [-0.15, -0.1) is 0 Å². The number of allylic oxidation sites excluding steroid dienone is 1. The highest BCUT2D eigenvalue weighted by Gasteiger charge is 2.00. The van der Waals surface area contributed by atoms with E-state index in [1.54, 1.807) is 0 Å². The van der Waals surface area contributed by atoms with Crippen molar-refractivity contribution >= 4 is 22.0 Å². The fourth-order valence-corrected chi connectivity index (χ4v) is 1.91. The molecular formula is C14H19Br. The number of halogens is 1. The average molecular weight is 267 g/mol. The topological polar surface area (TPSA) is 0 Å². The third-order valence-electron chi connectivity index (χ3n) is 2.59. The highest BCUT2D eigenvalue weighted by atomic mass is 79.9. The van der Waals surface area contributed by atoms with Crippen LogP contribution >= 0.6 is 15.9 Å². The smallest absolute Gasteiger partial charge is 0.00315 e. The summed E-state index contributed by atoms with van der Waals surface area (Å²) in [5.41, 5.74) is 1.30. The molecule has 0 spiro atoms. The summed E-state index contributed by atoms with van der Waals surface area (Å²) in [6.45, 7) is 2.26. The molecule has 0 radical (unpaired) electrons. The van der Waals surface area contributed by atoms with Gasteiger partial charge in [0.05, 0.1) is 0 Å². The van der Waals surface area contributed by atoms with E-state index in [1.165, 1.54) is 24.8 Å². The van der Waals surface area contributed by atoms with Crippen molar-refractivity contribution in [2.45, 2.75) is 26.2 Å². The fraction of sp³-hybridized carbons (Fsp3) is 0.429. The molecule has 0 aromatic heterocycles. The zero-order valence-electron chi connectivity index (χ0n) is 9.33. The van der Waals surface area contributed by atoms with Crippen LogP contribution in [-0.4, -0.2) is 5.33 Å². The van der Waals surface area contributed by atoms with Crippen LogP contribution in [0.2, 0.25) is 0 Å². The Bertz CT molecular complexity index is 277. The molecule has 1 aromatic rings. The molecule has 0 amide bonds. The Balaban J connectivity index is 2.47.